The third-order valence-corrected chi connectivity index (χ3v) is 2.94. The molecule has 1 aliphatic rings. The first-order chi connectivity index (χ1) is 7.86. The highest BCUT2D eigenvalue weighted by atomic mass is 16.5. The van der Waals surface area contributed by atoms with Crippen molar-refractivity contribution in [2.45, 2.75) is 26.4 Å². The van der Waals surface area contributed by atoms with E-state index in [0.717, 1.165) is 12.8 Å². The zero-order valence-corrected chi connectivity index (χ0v) is 9.73. The third-order valence-electron chi connectivity index (χ3n) is 2.94. The van der Waals surface area contributed by atoms with E-state index in [1.54, 1.807) is 0 Å². The van der Waals surface area contributed by atoms with Gasteiger partial charge in [-0.05, 0) is 29.9 Å². The van der Waals surface area contributed by atoms with E-state index in [9.17, 15) is 0 Å². The molecular formula is C15H18O. The zero-order chi connectivity index (χ0) is 11.2. The van der Waals surface area contributed by atoms with E-state index in [0.29, 0.717) is 12.5 Å². The van der Waals surface area contributed by atoms with Crippen molar-refractivity contribution in [3.8, 4) is 0 Å². The Morgan fingerprint density at radius 3 is 2.88 bits per heavy atom. The molecule has 0 aromatic heterocycles. The van der Waals surface area contributed by atoms with E-state index in [1.807, 2.05) is 24.5 Å². The van der Waals surface area contributed by atoms with Crippen molar-refractivity contribution in [2.75, 3.05) is 0 Å². The summed E-state index contributed by atoms with van der Waals surface area (Å²) in [5.74, 6) is 0.532. The standard InChI is InChI=1S/C15H18O/c1-13-7-5-6-10-15(13)12-16-11-14-8-3-2-4-9-14/h2-5,7-9,12-13H,6,10-11H2,1H3. The number of rotatable bonds is 3. The Hall–Kier alpha value is -1.50. The van der Waals surface area contributed by atoms with Gasteiger partial charge in [-0.15, -0.1) is 0 Å². The topological polar surface area (TPSA) is 9.23 Å². The first-order valence-corrected chi connectivity index (χ1v) is 5.87. The summed E-state index contributed by atoms with van der Waals surface area (Å²) in [4.78, 5) is 0. The normalized spacial score (nSPS) is 22.3. The molecule has 84 valence electrons. The van der Waals surface area contributed by atoms with Crippen molar-refractivity contribution in [3.05, 3.63) is 59.9 Å². The second kappa shape index (κ2) is 5.55. The molecule has 16 heavy (non-hydrogen) atoms. The van der Waals surface area contributed by atoms with Crippen LogP contribution in [0, 0.1) is 5.92 Å². The van der Waals surface area contributed by atoms with Gasteiger partial charge < -0.3 is 4.74 Å². The quantitative estimate of drug-likeness (QED) is 0.544. The van der Waals surface area contributed by atoms with Gasteiger partial charge >= 0.3 is 0 Å². The molecule has 1 nitrogen and oxygen atoms in total. The predicted molar refractivity (Wildman–Crippen MR) is 66.9 cm³/mol. The van der Waals surface area contributed by atoms with Gasteiger partial charge in [0, 0.05) is 0 Å². The molecule has 1 unspecified atom stereocenters. The van der Waals surface area contributed by atoms with Gasteiger partial charge in [-0.25, -0.2) is 0 Å². The lowest BCUT2D eigenvalue weighted by molar-refractivity contribution is 0.230. The Balaban J connectivity index is 1.87. The van der Waals surface area contributed by atoms with Crippen LogP contribution in [0.5, 0.6) is 0 Å². The molecule has 1 atom stereocenters. The van der Waals surface area contributed by atoms with Crippen LogP contribution in [0.4, 0.5) is 0 Å². The lowest BCUT2D eigenvalue weighted by Crippen LogP contribution is -2.01. The molecule has 0 spiro atoms. The van der Waals surface area contributed by atoms with Gasteiger partial charge in [0.05, 0.1) is 6.26 Å². The van der Waals surface area contributed by atoms with Crippen molar-refractivity contribution in [1.29, 1.82) is 0 Å². The molecular weight excluding hydrogens is 196 g/mol. The van der Waals surface area contributed by atoms with Gasteiger partial charge in [-0.2, -0.15) is 0 Å². The maximum absolute atomic E-state index is 5.63. The Kier molecular flexibility index (Phi) is 3.81. The number of allylic oxidation sites excluding steroid dienone is 3. The Morgan fingerprint density at radius 1 is 1.31 bits per heavy atom. The summed E-state index contributed by atoms with van der Waals surface area (Å²) in [7, 11) is 0. The molecule has 0 saturated carbocycles. The van der Waals surface area contributed by atoms with Gasteiger partial charge in [0.15, 0.2) is 0 Å². The number of benzene rings is 1. The summed E-state index contributed by atoms with van der Waals surface area (Å²) in [6, 6.07) is 10.3. The summed E-state index contributed by atoms with van der Waals surface area (Å²) in [6.07, 6.45) is 8.72. The molecule has 0 N–H and O–H groups in total. The minimum Gasteiger partial charge on any atom is -0.497 e. The molecule has 0 amide bonds. The van der Waals surface area contributed by atoms with Crippen LogP contribution in [0.15, 0.2) is 54.3 Å². The molecule has 0 aliphatic heterocycles. The van der Waals surface area contributed by atoms with E-state index in [1.165, 1.54) is 11.1 Å². The van der Waals surface area contributed by atoms with Crippen LogP contribution in [0.3, 0.4) is 0 Å². The van der Waals surface area contributed by atoms with Crippen molar-refractivity contribution in [2.24, 2.45) is 5.92 Å². The van der Waals surface area contributed by atoms with Crippen LogP contribution in [0.25, 0.3) is 0 Å². The highest BCUT2D eigenvalue weighted by Crippen LogP contribution is 2.23. The van der Waals surface area contributed by atoms with Crippen LogP contribution in [0.1, 0.15) is 25.3 Å². The molecule has 1 heteroatoms. The SMILES string of the molecule is CC1C=CCCC1=COCc1ccccc1. The number of ether oxygens (including phenoxy) is 1. The van der Waals surface area contributed by atoms with Gasteiger partial charge in [-0.3, -0.25) is 0 Å². The smallest absolute Gasteiger partial charge is 0.112 e. The summed E-state index contributed by atoms with van der Waals surface area (Å²) in [6.45, 7) is 2.88. The monoisotopic (exact) mass is 214 g/mol. The van der Waals surface area contributed by atoms with Crippen LogP contribution in [-0.4, -0.2) is 0 Å². The molecule has 1 aromatic carbocycles. The first-order valence-electron chi connectivity index (χ1n) is 5.87. The van der Waals surface area contributed by atoms with Gasteiger partial charge in [0.1, 0.15) is 6.61 Å². The van der Waals surface area contributed by atoms with Crippen LogP contribution >= 0.6 is 0 Å². The van der Waals surface area contributed by atoms with Gasteiger partial charge in [0.25, 0.3) is 0 Å². The fourth-order valence-corrected chi connectivity index (χ4v) is 1.89. The highest BCUT2D eigenvalue weighted by Gasteiger charge is 2.09. The molecule has 2 rings (SSSR count). The molecule has 0 saturated heterocycles. The predicted octanol–water partition coefficient (Wildman–Crippen LogP) is 4.07. The van der Waals surface area contributed by atoms with Crippen molar-refractivity contribution in [1.82, 2.24) is 0 Å². The molecule has 0 fully saturated rings. The Bertz CT molecular complexity index is 376. The molecule has 0 heterocycles. The lowest BCUT2D eigenvalue weighted by Gasteiger charge is -2.15. The largest absolute Gasteiger partial charge is 0.497 e. The third kappa shape index (κ3) is 2.99. The average molecular weight is 214 g/mol. The summed E-state index contributed by atoms with van der Waals surface area (Å²) >= 11 is 0. The first kappa shape index (κ1) is 11.0. The van der Waals surface area contributed by atoms with Crippen molar-refractivity contribution < 1.29 is 4.74 Å². The molecule has 0 radical (unpaired) electrons. The summed E-state index contributed by atoms with van der Waals surface area (Å²) in [5, 5.41) is 0. The Labute approximate surface area is 97.4 Å². The molecule has 1 aliphatic carbocycles. The minimum absolute atomic E-state index is 0.532. The second-order valence-corrected chi connectivity index (χ2v) is 4.24. The fourth-order valence-electron chi connectivity index (χ4n) is 1.89. The average Bonchev–Trinajstić information content (AvgIpc) is 2.33. The molecule has 0 bridgehead atoms. The van der Waals surface area contributed by atoms with E-state index >= 15 is 0 Å². The van der Waals surface area contributed by atoms with Crippen molar-refractivity contribution >= 4 is 0 Å². The molecule has 1 aromatic rings. The van der Waals surface area contributed by atoms with E-state index < -0.39 is 0 Å². The van der Waals surface area contributed by atoms with Crippen molar-refractivity contribution in [3.63, 3.8) is 0 Å². The van der Waals surface area contributed by atoms with E-state index in [4.69, 9.17) is 4.74 Å². The maximum Gasteiger partial charge on any atom is 0.112 e. The van der Waals surface area contributed by atoms with Gasteiger partial charge in [-0.1, -0.05) is 49.4 Å². The van der Waals surface area contributed by atoms with E-state index in [2.05, 4.69) is 31.2 Å². The summed E-state index contributed by atoms with van der Waals surface area (Å²) in [5.41, 5.74) is 2.62. The minimum atomic E-state index is 0.532. The van der Waals surface area contributed by atoms with E-state index in [-0.39, 0.29) is 0 Å². The fraction of sp³-hybridized carbons (Fsp3) is 0.333. The van der Waals surface area contributed by atoms with Crippen LogP contribution in [0.2, 0.25) is 0 Å². The maximum atomic E-state index is 5.63. The number of hydrogen-bond acceptors (Lipinski definition) is 1. The zero-order valence-electron chi connectivity index (χ0n) is 9.73. The second-order valence-electron chi connectivity index (χ2n) is 4.24. The summed E-state index contributed by atoms with van der Waals surface area (Å²) < 4.78 is 5.63. The van der Waals surface area contributed by atoms with Crippen LogP contribution < -0.4 is 0 Å². The number of hydrogen-bond donors (Lipinski definition) is 0. The highest BCUT2D eigenvalue weighted by molar-refractivity contribution is 5.16. The lowest BCUT2D eigenvalue weighted by atomic mass is 9.92. The van der Waals surface area contributed by atoms with Crippen LogP contribution in [-0.2, 0) is 11.3 Å². The van der Waals surface area contributed by atoms with Gasteiger partial charge in [0.2, 0.25) is 0 Å². The Morgan fingerprint density at radius 2 is 2.12 bits per heavy atom.